The standard InChI is InChI=1S/C23H31ClN2O7.C9H18.C2H6/c1-26(2)16-7-14(6-15(8-16)23(31)32)21-18(24)5-4-13(22(21)33-3)9-25-19(11-28)17(10-27)20(30)12-29;1-8-5-4-6-9(2,3)7-8;1-2/h4-8,17,19-20,25,27-30H,9-12H2,1-3H3,(H,31,32);8H,4-7H2,1-3H3;1-2H3. The first-order valence-electron chi connectivity index (χ1n) is 15.4. The summed E-state index contributed by atoms with van der Waals surface area (Å²) in [5.74, 6) is -0.459. The molecule has 1 aliphatic carbocycles. The lowest BCUT2D eigenvalue weighted by Gasteiger charge is -2.33. The van der Waals surface area contributed by atoms with Crippen molar-refractivity contribution >= 4 is 23.3 Å². The third kappa shape index (κ3) is 11.5. The summed E-state index contributed by atoms with van der Waals surface area (Å²) >= 11 is 6.51. The van der Waals surface area contributed by atoms with Gasteiger partial charge in [-0.3, -0.25) is 0 Å². The van der Waals surface area contributed by atoms with Gasteiger partial charge in [-0.25, -0.2) is 4.79 Å². The molecule has 0 aliphatic heterocycles. The normalized spacial score (nSPS) is 17.6. The Bertz CT molecular complexity index is 1160. The van der Waals surface area contributed by atoms with Gasteiger partial charge in [-0.1, -0.05) is 65.1 Å². The van der Waals surface area contributed by atoms with Crippen LogP contribution in [0.5, 0.6) is 5.75 Å². The second-order valence-corrected chi connectivity index (χ2v) is 12.6. The summed E-state index contributed by atoms with van der Waals surface area (Å²) in [5.41, 5.74) is 3.16. The van der Waals surface area contributed by atoms with Crippen LogP contribution in [0.3, 0.4) is 0 Å². The minimum absolute atomic E-state index is 0.0990. The van der Waals surface area contributed by atoms with Crippen molar-refractivity contribution in [1.82, 2.24) is 5.32 Å². The second-order valence-electron chi connectivity index (χ2n) is 12.2. The maximum Gasteiger partial charge on any atom is 0.335 e. The SMILES string of the molecule is CC.CC1CCCC(C)(C)C1.COc1c(CNC(CO)C(CO)C(O)CO)ccc(Cl)c1-c1cc(C(=O)O)cc(N(C)C)c1. The molecule has 6 N–H and O–H groups in total. The quantitative estimate of drug-likeness (QED) is 0.179. The fourth-order valence-electron chi connectivity index (χ4n) is 5.70. The van der Waals surface area contributed by atoms with Gasteiger partial charge in [0.25, 0.3) is 0 Å². The largest absolute Gasteiger partial charge is 0.496 e. The van der Waals surface area contributed by atoms with Crippen LogP contribution >= 0.6 is 11.6 Å². The molecule has 2 aromatic rings. The van der Waals surface area contributed by atoms with E-state index >= 15 is 0 Å². The molecule has 0 radical (unpaired) electrons. The topological polar surface area (TPSA) is 143 Å². The Hall–Kier alpha value is -2.40. The van der Waals surface area contributed by atoms with Crippen LogP contribution in [0.1, 0.15) is 76.2 Å². The molecule has 0 heterocycles. The van der Waals surface area contributed by atoms with E-state index in [0.717, 1.165) is 5.92 Å². The van der Waals surface area contributed by atoms with E-state index in [9.17, 15) is 30.3 Å². The Labute approximate surface area is 268 Å². The maximum atomic E-state index is 11.7. The minimum Gasteiger partial charge on any atom is -0.496 e. The lowest BCUT2D eigenvalue weighted by Crippen LogP contribution is -2.47. The lowest BCUT2D eigenvalue weighted by atomic mass is 9.73. The molecule has 1 saturated carbocycles. The number of aliphatic hydroxyl groups is 4. The minimum atomic E-state index is -1.20. The van der Waals surface area contributed by atoms with Gasteiger partial charge in [-0.15, -0.1) is 0 Å². The number of nitrogens with one attached hydrogen (secondary N) is 1. The second kappa shape index (κ2) is 19.2. The average Bonchev–Trinajstić information content (AvgIpc) is 2.99. The number of hydrogen-bond donors (Lipinski definition) is 6. The molecule has 1 aliphatic rings. The van der Waals surface area contributed by atoms with E-state index in [2.05, 4.69) is 26.1 Å². The van der Waals surface area contributed by atoms with Crippen molar-refractivity contribution in [2.24, 2.45) is 17.3 Å². The molecule has 1 fully saturated rings. The summed E-state index contributed by atoms with van der Waals surface area (Å²) in [5, 5.41) is 51.5. The molecule has 0 spiro atoms. The summed E-state index contributed by atoms with van der Waals surface area (Å²) in [7, 11) is 5.08. The fraction of sp³-hybridized carbons (Fsp3) is 0.618. The zero-order chi connectivity index (χ0) is 33.6. The molecule has 4 atom stereocenters. The predicted octanol–water partition coefficient (Wildman–Crippen LogP) is 5.44. The molecule has 3 rings (SSSR count). The number of halogens is 1. The first kappa shape index (κ1) is 39.6. The Morgan fingerprint density at radius 3 is 2.23 bits per heavy atom. The summed E-state index contributed by atoms with van der Waals surface area (Å²) in [6, 6.07) is 7.59. The van der Waals surface area contributed by atoms with Crippen molar-refractivity contribution in [2.75, 3.05) is 45.9 Å². The van der Waals surface area contributed by atoms with Crippen molar-refractivity contribution < 1.29 is 35.1 Å². The molecule has 250 valence electrons. The van der Waals surface area contributed by atoms with Gasteiger partial charge in [0.05, 0.1) is 43.6 Å². The smallest absolute Gasteiger partial charge is 0.335 e. The molecular formula is C34H55ClN2O7. The van der Waals surface area contributed by atoms with Crippen LogP contribution in [0, 0.1) is 17.3 Å². The molecule has 9 nitrogen and oxygen atoms in total. The molecule has 2 aromatic carbocycles. The van der Waals surface area contributed by atoms with Crippen LogP contribution in [0.15, 0.2) is 30.3 Å². The van der Waals surface area contributed by atoms with E-state index in [4.69, 9.17) is 16.3 Å². The molecule has 0 amide bonds. The Morgan fingerprint density at radius 1 is 1.11 bits per heavy atom. The van der Waals surface area contributed by atoms with Gasteiger partial charge < -0.3 is 40.5 Å². The number of hydrogen-bond acceptors (Lipinski definition) is 8. The third-order valence-corrected chi connectivity index (χ3v) is 8.29. The molecule has 0 aromatic heterocycles. The van der Waals surface area contributed by atoms with E-state index in [-0.39, 0.29) is 18.7 Å². The molecule has 0 saturated heterocycles. The number of carboxylic acids is 1. The van der Waals surface area contributed by atoms with Crippen LogP contribution in [-0.4, -0.2) is 84.7 Å². The summed E-state index contributed by atoms with van der Waals surface area (Å²) < 4.78 is 5.65. The fourth-order valence-corrected chi connectivity index (χ4v) is 5.96. The van der Waals surface area contributed by atoms with Crippen molar-refractivity contribution in [2.45, 2.75) is 79.0 Å². The first-order chi connectivity index (χ1) is 20.8. The Kier molecular flexibility index (Phi) is 17.3. The number of anilines is 1. The maximum absolute atomic E-state index is 11.7. The van der Waals surface area contributed by atoms with Crippen molar-refractivity contribution in [3.8, 4) is 16.9 Å². The van der Waals surface area contributed by atoms with Crippen LogP contribution in [0.2, 0.25) is 5.02 Å². The van der Waals surface area contributed by atoms with Gasteiger partial charge in [0, 0.05) is 49.4 Å². The highest BCUT2D eigenvalue weighted by atomic mass is 35.5. The monoisotopic (exact) mass is 638 g/mol. The molecule has 10 heteroatoms. The van der Waals surface area contributed by atoms with E-state index in [1.807, 2.05) is 19.9 Å². The van der Waals surface area contributed by atoms with E-state index < -0.39 is 37.2 Å². The lowest BCUT2D eigenvalue weighted by molar-refractivity contribution is -0.00407. The number of benzene rings is 2. The van der Waals surface area contributed by atoms with Gasteiger partial charge in [0.2, 0.25) is 0 Å². The number of carboxylic acid groups (broad SMARTS) is 1. The summed E-state index contributed by atoms with van der Waals surface area (Å²) in [6.07, 6.45) is 4.59. The van der Waals surface area contributed by atoms with Crippen molar-refractivity contribution in [1.29, 1.82) is 0 Å². The predicted molar refractivity (Wildman–Crippen MR) is 179 cm³/mol. The molecular weight excluding hydrogens is 584 g/mol. The Balaban J connectivity index is 0.000000742. The van der Waals surface area contributed by atoms with Crippen molar-refractivity contribution in [3.05, 3.63) is 46.5 Å². The number of aliphatic hydroxyl groups excluding tert-OH is 4. The van der Waals surface area contributed by atoms with Crippen LogP contribution < -0.4 is 15.0 Å². The third-order valence-electron chi connectivity index (χ3n) is 7.97. The average molecular weight is 639 g/mol. The van der Waals surface area contributed by atoms with Crippen molar-refractivity contribution in [3.63, 3.8) is 0 Å². The van der Waals surface area contributed by atoms with Gasteiger partial charge in [-0.05, 0) is 54.0 Å². The number of ether oxygens (including phenoxy) is 1. The number of aromatic carboxylic acids is 1. The molecule has 44 heavy (non-hydrogen) atoms. The number of methoxy groups -OCH3 is 1. The highest BCUT2D eigenvalue weighted by Gasteiger charge is 2.28. The highest BCUT2D eigenvalue weighted by Crippen LogP contribution is 2.41. The zero-order valence-electron chi connectivity index (χ0n) is 27.7. The Morgan fingerprint density at radius 2 is 1.77 bits per heavy atom. The van der Waals surface area contributed by atoms with Gasteiger partial charge in [0.1, 0.15) is 5.75 Å². The van der Waals surface area contributed by atoms with Crippen LogP contribution in [-0.2, 0) is 6.54 Å². The zero-order valence-corrected chi connectivity index (χ0v) is 28.5. The van der Waals surface area contributed by atoms with E-state index in [1.54, 1.807) is 37.2 Å². The van der Waals surface area contributed by atoms with Gasteiger partial charge in [-0.2, -0.15) is 0 Å². The van der Waals surface area contributed by atoms with Crippen LogP contribution in [0.4, 0.5) is 5.69 Å². The number of nitrogens with zero attached hydrogens (tertiary/aromatic N) is 1. The highest BCUT2D eigenvalue weighted by molar-refractivity contribution is 6.33. The van der Waals surface area contributed by atoms with Gasteiger partial charge >= 0.3 is 5.97 Å². The summed E-state index contributed by atoms with van der Waals surface area (Å²) in [6.45, 7) is 9.99. The molecule has 0 bridgehead atoms. The number of carbonyl (C=O) groups is 1. The first-order valence-corrected chi connectivity index (χ1v) is 15.8. The molecule has 4 unspecified atom stereocenters. The van der Waals surface area contributed by atoms with E-state index in [1.165, 1.54) is 38.9 Å². The number of rotatable bonds is 12. The van der Waals surface area contributed by atoms with Crippen LogP contribution in [0.25, 0.3) is 11.1 Å². The van der Waals surface area contributed by atoms with E-state index in [0.29, 0.717) is 38.6 Å². The summed E-state index contributed by atoms with van der Waals surface area (Å²) in [4.78, 5) is 13.5. The van der Waals surface area contributed by atoms with Gasteiger partial charge in [0.15, 0.2) is 0 Å².